The first-order valence-electron chi connectivity index (χ1n) is 5.28. The second-order valence-electron chi connectivity index (χ2n) is 4.33. The second-order valence-corrected chi connectivity index (χ2v) is 4.33. The highest BCUT2D eigenvalue weighted by atomic mass is 16.5. The van der Waals surface area contributed by atoms with E-state index in [-0.39, 0.29) is 0 Å². The van der Waals surface area contributed by atoms with Crippen LogP contribution in [0.2, 0.25) is 0 Å². The van der Waals surface area contributed by atoms with Crippen LogP contribution >= 0.6 is 0 Å². The Morgan fingerprint density at radius 1 is 1.41 bits per heavy atom. The molecule has 0 aliphatic carbocycles. The van der Waals surface area contributed by atoms with Crippen molar-refractivity contribution in [3.05, 3.63) is 34.9 Å². The van der Waals surface area contributed by atoms with Gasteiger partial charge in [-0.25, -0.2) is 4.79 Å². The zero-order valence-corrected chi connectivity index (χ0v) is 10.5. The molecule has 0 amide bonds. The quantitative estimate of drug-likeness (QED) is 0.594. The molecule has 0 fully saturated rings. The maximum absolute atomic E-state index is 11.4. The van der Waals surface area contributed by atoms with Gasteiger partial charge in [0, 0.05) is 5.56 Å². The third-order valence-corrected chi connectivity index (χ3v) is 2.16. The van der Waals surface area contributed by atoms with Crippen LogP contribution in [0.5, 0.6) is 0 Å². The number of hydrogen-bond donors (Lipinski definition) is 1. The lowest BCUT2D eigenvalue weighted by Gasteiger charge is -2.07. The van der Waals surface area contributed by atoms with Crippen LogP contribution in [0.15, 0.2) is 18.2 Å². The Kier molecular flexibility index (Phi) is 3.93. The number of esters is 1. The lowest BCUT2D eigenvalue weighted by molar-refractivity contribution is 0.0600. The van der Waals surface area contributed by atoms with Crippen LogP contribution in [0.25, 0.3) is 0 Å². The zero-order chi connectivity index (χ0) is 13.1. The van der Waals surface area contributed by atoms with Crippen molar-refractivity contribution < 1.29 is 14.6 Å². The summed E-state index contributed by atoms with van der Waals surface area (Å²) in [6.45, 7) is 5.12. The molecule has 1 aromatic carbocycles. The lowest BCUT2D eigenvalue weighted by Crippen LogP contribution is -2.14. The predicted octanol–water partition coefficient (Wildman–Crippen LogP) is 1.90. The molecule has 0 saturated carbocycles. The van der Waals surface area contributed by atoms with Gasteiger partial charge in [-0.05, 0) is 38.5 Å². The van der Waals surface area contributed by atoms with Gasteiger partial charge >= 0.3 is 5.97 Å². The van der Waals surface area contributed by atoms with E-state index >= 15 is 0 Å². The molecule has 1 N–H and O–H groups in total. The fourth-order valence-electron chi connectivity index (χ4n) is 1.22. The second kappa shape index (κ2) is 5.03. The first kappa shape index (κ1) is 13.3. The van der Waals surface area contributed by atoms with Gasteiger partial charge in [-0.1, -0.05) is 17.9 Å². The van der Waals surface area contributed by atoms with Crippen LogP contribution in [0, 0.1) is 18.8 Å². The Bertz CT molecular complexity index is 484. The van der Waals surface area contributed by atoms with E-state index in [2.05, 4.69) is 16.6 Å². The van der Waals surface area contributed by atoms with E-state index in [0.717, 1.165) is 11.1 Å². The van der Waals surface area contributed by atoms with Crippen LogP contribution < -0.4 is 0 Å². The van der Waals surface area contributed by atoms with Crippen molar-refractivity contribution in [1.29, 1.82) is 0 Å². The van der Waals surface area contributed by atoms with E-state index in [1.54, 1.807) is 32.0 Å². The minimum Gasteiger partial charge on any atom is -0.465 e. The summed E-state index contributed by atoms with van der Waals surface area (Å²) in [5, 5.41) is 9.53. The number of benzene rings is 1. The summed E-state index contributed by atoms with van der Waals surface area (Å²) in [7, 11) is 1.34. The molecule has 0 bridgehead atoms. The SMILES string of the molecule is COC(=O)c1ccc(C)c(C#CC(C)(C)O)c1. The van der Waals surface area contributed by atoms with Crippen molar-refractivity contribution in [3.8, 4) is 11.8 Å². The van der Waals surface area contributed by atoms with Gasteiger partial charge in [0.25, 0.3) is 0 Å². The van der Waals surface area contributed by atoms with Crippen LogP contribution in [-0.4, -0.2) is 23.8 Å². The van der Waals surface area contributed by atoms with Gasteiger partial charge in [0.05, 0.1) is 12.7 Å². The predicted molar refractivity (Wildman–Crippen MR) is 65.7 cm³/mol. The molecule has 0 aromatic heterocycles. The van der Waals surface area contributed by atoms with Gasteiger partial charge in [-0.2, -0.15) is 0 Å². The third kappa shape index (κ3) is 3.93. The smallest absolute Gasteiger partial charge is 0.337 e. The lowest BCUT2D eigenvalue weighted by atomic mass is 10.0. The van der Waals surface area contributed by atoms with Crippen molar-refractivity contribution in [1.82, 2.24) is 0 Å². The Morgan fingerprint density at radius 3 is 2.59 bits per heavy atom. The first-order chi connectivity index (χ1) is 7.83. The van der Waals surface area contributed by atoms with Crippen molar-refractivity contribution >= 4 is 5.97 Å². The van der Waals surface area contributed by atoms with Crippen LogP contribution in [0.4, 0.5) is 0 Å². The van der Waals surface area contributed by atoms with Crippen LogP contribution in [0.1, 0.15) is 35.3 Å². The monoisotopic (exact) mass is 232 g/mol. The first-order valence-corrected chi connectivity index (χ1v) is 5.28. The van der Waals surface area contributed by atoms with Crippen LogP contribution in [-0.2, 0) is 4.74 Å². The van der Waals surface area contributed by atoms with E-state index in [9.17, 15) is 9.90 Å². The number of aryl methyl sites for hydroxylation is 1. The Hall–Kier alpha value is -1.79. The molecule has 1 aromatic rings. The molecule has 1 rings (SSSR count). The molecule has 3 nitrogen and oxygen atoms in total. The normalized spacial score (nSPS) is 10.4. The number of methoxy groups -OCH3 is 1. The van der Waals surface area contributed by atoms with Gasteiger partial charge in [-0.3, -0.25) is 0 Å². The number of hydrogen-bond acceptors (Lipinski definition) is 3. The highest BCUT2D eigenvalue weighted by molar-refractivity contribution is 5.89. The molecule has 0 radical (unpaired) electrons. The average Bonchev–Trinajstić information content (AvgIpc) is 2.26. The maximum atomic E-state index is 11.4. The molecule has 17 heavy (non-hydrogen) atoms. The molecule has 0 heterocycles. The molecule has 0 unspecified atom stereocenters. The molecular formula is C14H16O3. The number of ether oxygens (including phenoxy) is 1. The number of carbonyl (C=O) groups excluding carboxylic acids is 1. The average molecular weight is 232 g/mol. The van der Waals surface area contributed by atoms with Crippen molar-refractivity contribution in [3.63, 3.8) is 0 Å². The Morgan fingerprint density at radius 2 is 2.06 bits per heavy atom. The fourth-order valence-corrected chi connectivity index (χ4v) is 1.22. The largest absolute Gasteiger partial charge is 0.465 e. The third-order valence-electron chi connectivity index (χ3n) is 2.16. The van der Waals surface area contributed by atoms with Crippen molar-refractivity contribution in [2.24, 2.45) is 0 Å². The molecule has 0 aliphatic rings. The molecule has 0 saturated heterocycles. The van der Waals surface area contributed by atoms with E-state index in [4.69, 9.17) is 0 Å². The summed E-state index contributed by atoms with van der Waals surface area (Å²) >= 11 is 0. The van der Waals surface area contributed by atoms with Crippen molar-refractivity contribution in [2.45, 2.75) is 26.4 Å². The summed E-state index contributed by atoms with van der Waals surface area (Å²) in [6, 6.07) is 5.16. The van der Waals surface area contributed by atoms with Crippen LogP contribution in [0.3, 0.4) is 0 Å². The maximum Gasteiger partial charge on any atom is 0.337 e. The molecule has 0 atom stereocenters. The topological polar surface area (TPSA) is 46.5 Å². The number of rotatable bonds is 1. The van der Waals surface area contributed by atoms with Gasteiger partial charge in [-0.15, -0.1) is 0 Å². The minimum atomic E-state index is -1.05. The molecule has 3 heteroatoms. The summed E-state index contributed by atoms with van der Waals surface area (Å²) in [5.41, 5.74) is 1.08. The van der Waals surface area contributed by atoms with Gasteiger partial charge < -0.3 is 9.84 Å². The highest BCUT2D eigenvalue weighted by Gasteiger charge is 2.08. The highest BCUT2D eigenvalue weighted by Crippen LogP contribution is 2.11. The minimum absolute atomic E-state index is 0.392. The summed E-state index contributed by atoms with van der Waals surface area (Å²) < 4.78 is 4.64. The van der Waals surface area contributed by atoms with E-state index < -0.39 is 11.6 Å². The number of aliphatic hydroxyl groups is 1. The Labute approximate surface area is 101 Å². The van der Waals surface area contributed by atoms with Crippen molar-refractivity contribution in [2.75, 3.05) is 7.11 Å². The van der Waals surface area contributed by atoms with E-state index in [0.29, 0.717) is 5.56 Å². The number of carbonyl (C=O) groups is 1. The molecule has 90 valence electrons. The fraction of sp³-hybridized carbons (Fsp3) is 0.357. The summed E-state index contributed by atoms with van der Waals surface area (Å²) in [6.07, 6.45) is 0. The molecule has 0 aliphatic heterocycles. The summed E-state index contributed by atoms with van der Waals surface area (Å²) in [5.74, 6) is 5.19. The van der Waals surface area contributed by atoms with Gasteiger partial charge in [0.15, 0.2) is 0 Å². The molecular weight excluding hydrogens is 216 g/mol. The van der Waals surface area contributed by atoms with Gasteiger partial charge in [0.2, 0.25) is 0 Å². The zero-order valence-electron chi connectivity index (χ0n) is 10.5. The van der Waals surface area contributed by atoms with E-state index in [1.165, 1.54) is 7.11 Å². The standard InChI is InChI=1S/C14H16O3/c1-10-5-6-12(13(15)17-4)9-11(10)7-8-14(2,3)16/h5-6,9,16H,1-4H3. The van der Waals surface area contributed by atoms with Gasteiger partial charge in [0.1, 0.15) is 5.60 Å². The van der Waals surface area contributed by atoms with E-state index in [1.807, 2.05) is 6.92 Å². The summed E-state index contributed by atoms with van der Waals surface area (Å²) in [4.78, 5) is 11.4. The Balaban J connectivity index is 3.14. The molecule has 0 spiro atoms.